The highest BCUT2D eigenvalue weighted by molar-refractivity contribution is 5.35. The summed E-state index contributed by atoms with van der Waals surface area (Å²) in [7, 11) is 0. The first kappa shape index (κ1) is 13.4. The van der Waals surface area contributed by atoms with Gasteiger partial charge in [-0.1, -0.05) is 25.0 Å². The SMILES string of the molecule is Cc1ccc([C@@H]2CCCC[C@@H]2O)cc1C(F)(F)F. The highest BCUT2D eigenvalue weighted by Gasteiger charge is 2.34. The minimum absolute atomic E-state index is 0.152. The van der Waals surface area contributed by atoms with Gasteiger partial charge in [-0.25, -0.2) is 0 Å². The Labute approximate surface area is 105 Å². The highest BCUT2D eigenvalue weighted by atomic mass is 19.4. The van der Waals surface area contributed by atoms with E-state index in [1.165, 1.54) is 19.1 Å². The quantitative estimate of drug-likeness (QED) is 0.806. The van der Waals surface area contributed by atoms with E-state index in [2.05, 4.69) is 0 Å². The molecule has 0 heterocycles. The molecule has 0 spiro atoms. The minimum atomic E-state index is -4.32. The fraction of sp³-hybridized carbons (Fsp3) is 0.571. The lowest BCUT2D eigenvalue weighted by Crippen LogP contribution is -2.23. The average Bonchev–Trinajstić information content (AvgIpc) is 2.29. The third-order valence-corrected chi connectivity index (χ3v) is 3.72. The molecule has 0 saturated heterocycles. The van der Waals surface area contributed by atoms with Gasteiger partial charge in [0.15, 0.2) is 0 Å². The number of halogens is 3. The topological polar surface area (TPSA) is 20.2 Å². The molecule has 18 heavy (non-hydrogen) atoms. The van der Waals surface area contributed by atoms with E-state index in [9.17, 15) is 18.3 Å². The molecule has 2 rings (SSSR count). The van der Waals surface area contributed by atoms with Gasteiger partial charge in [0.25, 0.3) is 0 Å². The second-order valence-corrected chi connectivity index (χ2v) is 5.03. The summed E-state index contributed by atoms with van der Waals surface area (Å²) in [6, 6.07) is 4.41. The van der Waals surface area contributed by atoms with Gasteiger partial charge >= 0.3 is 6.18 Å². The number of aryl methyl sites for hydroxylation is 1. The van der Waals surface area contributed by atoms with Crippen molar-refractivity contribution < 1.29 is 18.3 Å². The Morgan fingerprint density at radius 3 is 2.44 bits per heavy atom. The number of hydrogen-bond donors (Lipinski definition) is 1. The molecule has 0 amide bonds. The van der Waals surface area contributed by atoms with Crippen LogP contribution >= 0.6 is 0 Å². The summed E-state index contributed by atoms with van der Waals surface area (Å²) in [6.07, 6.45) is -1.46. The zero-order chi connectivity index (χ0) is 13.3. The Kier molecular flexibility index (Phi) is 3.66. The predicted molar refractivity (Wildman–Crippen MR) is 63.4 cm³/mol. The molecular formula is C14H17F3O. The van der Waals surface area contributed by atoms with E-state index in [-0.39, 0.29) is 11.5 Å². The van der Waals surface area contributed by atoms with Crippen molar-refractivity contribution >= 4 is 0 Å². The van der Waals surface area contributed by atoms with Crippen molar-refractivity contribution in [2.24, 2.45) is 0 Å². The van der Waals surface area contributed by atoms with Crippen LogP contribution in [0, 0.1) is 6.92 Å². The Hall–Kier alpha value is -1.03. The molecule has 1 fully saturated rings. The summed E-state index contributed by atoms with van der Waals surface area (Å²) in [6.45, 7) is 1.46. The maximum atomic E-state index is 12.8. The maximum Gasteiger partial charge on any atom is 0.416 e. The molecule has 1 aliphatic rings. The third-order valence-electron chi connectivity index (χ3n) is 3.72. The molecule has 4 heteroatoms. The van der Waals surface area contributed by atoms with Crippen LogP contribution in [0.1, 0.15) is 48.3 Å². The number of aliphatic hydroxyl groups excluding tert-OH is 1. The van der Waals surface area contributed by atoms with Gasteiger partial charge in [-0.15, -0.1) is 0 Å². The molecule has 0 bridgehead atoms. The summed E-state index contributed by atoms with van der Waals surface area (Å²) in [5.74, 6) is -0.152. The molecule has 1 saturated carbocycles. The van der Waals surface area contributed by atoms with Crippen molar-refractivity contribution in [3.63, 3.8) is 0 Å². The number of rotatable bonds is 1. The van der Waals surface area contributed by atoms with Gasteiger partial charge in [0, 0.05) is 5.92 Å². The van der Waals surface area contributed by atoms with Crippen molar-refractivity contribution in [2.45, 2.75) is 50.8 Å². The van der Waals surface area contributed by atoms with E-state index in [0.29, 0.717) is 12.0 Å². The van der Waals surface area contributed by atoms with Crippen molar-refractivity contribution in [1.82, 2.24) is 0 Å². The van der Waals surface area contributed by atoms with E-state index in [0.717, 1.165) is 19.3 Å². The van der Waals surface area contributed by atoms with Crippen LogP contribution in [-0.4, -0.2) is 11.2 Å². The first-order valence-corrected chi connectivity index (χ1v) is 6.25. The Morgan fingerprint density at radius 2 is 1.83 bits per heavy atom. The Morgan fingerprint density at radius 1 is 1.17 bits per heavy atom. The van der Waals surface area contributed by atoms with Crippen molar-refractivity contribution in [3.05, 3.63) is 34.9 Å². The zero-order valence-corrected chi connectivity index (χ0v) is 10.3. The lowest BCUT2D eigenvalue weighted by molar-refractivity contribution is -0.138. The molecule has 0 unspecified atom stereocenters. The minimum Gasteiger partial charge on any atom is -0.392 e. The Bertz CT molecular complexity index is 426. The fourth-order valence-electron chi connectivity index (χ4n) is 2.68. The first-order chi connectivity index (χ1) is 8.39. The van der Waals surface area contributed by atoms with Gasteiger partial charge in [0.2, 0.25) is 0 Å². The van der Waals surface area contributed by atoms with Crippen LogP contribution < -0.4 is 0 Å². The predicted octanol–water partition coefficient (Wildman–Crippen LogP) is 4.03. The van der Waals surface area contributed by atoms with Gasteiger partial charge in [-0.05, 0) is 37.0 Å². The molecule has 1 aliphatic carbocycles. The van der Waals surface area contributed by atoms with Crippen LogP contribution in [0.4, 0.5) is 13.2 Å². The number of hydrogen-bond acceptors (Lipinski definition) is 1. The van der Waals surface area contributed by atoms with Crippen LogP contribution in [0.5, 0.6) is 0 Å². The molecule has 0 aromatic heterocycles. The average molecular weight is 258 g/mol. The molecular weight excluding hydrogens is 241 g/mol. The molecule has 0 aliphatic heterocycles. The van der Waals surface area contributed by atoms with E-state index in [1.54, 1.807) is 6.07 Å². The van der Waals surface area contributed by atoms with E-state index < -0.39 is 17.8 Å². The van der Waals surface area contributed by atoms with Crippen molar-refractivity contribution in [3.8, 4) is 0 Å². The zero-order valence-electron chi connectivity index (χ0n) is 10.3. The summed E-state index contributed by atoms with van der Waals surface area (Å²) in [5, 5.41) is 9.90. The van der Waals surface area contributed by atoms with Gasteiger partial charge < -0.3 is 5.11 Å². The van der Waals surface area contributed by atoms with Gasteiger partial charge in [-0.2, -0.15) is 13.2 Å². The normalized spacial score (nSPS) is 25.2. The number of benzene rings is 1. The summed E-state index contributed by atoms with van der Waals surface area (Å²) >= 11 is 0. The van der Waals surface area contributed by atoms with Crippen LogP contribution in [0.25, 0.3) is 0 Å². The second-order valence-electron chi connectivity index (χ2n) is 5.03. The lowest BCUT2D eigenvalue weighted by Gasteiger charge is -2.28. The molecule has 100 valence electrons. The largest absolute Gasteiger partial charge is 0.416 e. The van der Waals surface area contributed by atoms with Gasteiger partial charge in [-0.3, -0.25) is 0 Å². The van der Waals surface area contributed by atoms with Crippen LogP contribution in [0.15, 0.2) is 18.2 Å². The summed E-state index contributed by atoms with van der Waals surface area (Å²) < 4.78 is 38.5. The maximum absolute atomic E-state index is 12.8. The van der Waals surface area contributed by atoms with Crippen molar-refractivity contribution in [2.75, 3.05) is 0 Å². The van der Waals surface area contributed by atoms with E-state index in [1.807, 2.05) is 0 Å². The highest BCUT2D eigenvalue weighted by Crippen LogP contribution is 2.37. The Balaban J connectivity index is 2.34. The monoisotopic (exact) mass is 258 g/mol. The molecule has 1 aromatic rings. The number of aliphatic hydroxyl groups is 1. The smallest absolute Gasteiger partial charge is 0.392 e. The third kappa shape index (κ3) is 2.69. The first-order valence-electron chi connectivity index (χ1n) is 6.25. The molecule has 1 aromatic carbocycles. The molecule has 2 atom stereocenters. The fourth-order valence-corrected chi connectivity index (χ4v) is 2.68. The number of alkyl halides is 3. The van der Waals surface area contributed by atoms with Crippen LogP contribution in [0.3, 0.4) is 0 Å². The van der Waals surface area contributed by atoms with Crippen molar-refractivity contribution in [1.29, 1.82) is 0 Å². The standard InChI is InChI=1S/C14H17F3O/c1-9-6-7-10(8-12(9)14(15,16)17)11-4-2-3-5-13(11)18/h6-8,11,13,18H,2-5H2,1H3/t11-,13-/m0/s1. The molecule has 0 radical (unpaired) electrons. The van der Waals surface area contributed by atoms with E-state index >= 15 is 0 Å². The summed E-state index contributed by atoms with van der Waals surface area (Å²) in [5.41, 5.74) is 0.259. The molecule has 1 N–H and O–H groups in total. The second kappa shape index (κ2) is 4.92. The van der Waals surface area contributed by atoms with Crippen LogP contribution in [0.2, 0.25) is 0 Å². The lowest BCUT2D eigenvalue weighted by atomic mass is 9.81. The summed E-state index contributed by atoms with van der Waals surface area (Å²) in [4.78, 5) is 0. The van der Waals surface area contributed by atoms with Crippen LogP contribution in [-0.2, 0) is 6.18 Å². The van der Waals surface area contributed by atoms with E-state index in [4.69, 9.17) is 0 Å². The molecule has 1 nitrogen and oxygen atoms in total. The van der Waals surface area contributed by atoms with Gasteiger partial charge in [0.1, 0.15) is 0 Å². The van der Waals surface area contributed by atoms with Gasteiger partial charge in [0.05, 0.1) is 11.7 Å².